The average molecular weight is 843 g/mol. The maximum atomic E-state index is 2.60. The Hall–Kier alpha value is -7.82. The van der Waals surface area contributed by atoms with Crippen molar-refractivity contribution in [3.8, 4) is 0 Å². The lowest BCUT2D eigenvalue weighted by Crippen LogP contribution is -2.13. The Morgan fingerprint density at radius 3 is 0.923 bits per heavy atom. The van der Waals surface area contributed by atoms with Gasteiger partial charge < -0.3 is 19.3 Å². The molecular formula is C61H54N4. The van der Waals surface area contributed by atoms with Crippen LogP contribution in [0.1, 0.15) is 50.6 Å². The molecule has 4 heteroatoms. The molecule has 1 heterocycles. The van der Waals surface area contributed by atoms with E-state index in [9.17, 15) is 0 Å². The second kappa shape index (κ2) is 18.9. The van der Waals surface area contributed by atoms with Gasteiger partial charge in [-0.2, -0.15) is 0 Å². The summed E-state index contributed by atoms with van der Waals surface area (Å²) in [5.74, 6) is 0.405. The molecule has 9 aromatic carbocycles. The molecule has 0 saturated heterocycles. The van der Waals surface area contributed by atoms with Crippen molar-refractivity contribution in [2.24, 2.45) is 0 Å². The Kier molecular flexibility index (Phi) is 12.0. The third kappa shape index (κ3) is 8.51. The number of hydrogen-bond donors (Lipinski definition) is 0. The Morgan fingerprint density at radius 2 is 0.600 bits per heavy atom. The van der Waals surface area contributed by atoms with Gasteiger partial charge in [0.05, 0.1) is 0 Å². The van der Waals surface area contributed by atoms with E-state index >= 15 is 0 Å². The summed E-state index contributed by atoms with van der Waals surface area (Å²) in [6, 6.07) is 87.8. The van der Waals surface area contributed by atoms with Crippen molar-refractivity contribution >= 4 is 73.0 Å². The van der Waals surface area contributed by atoms with Crippen LogP contribution in [0, 0.1) is 0 Å². The van der Waals surface area contributed by atoms with E-state index in [1.807, 2.05) is 0 Å². The molecule has 4 nitrogen and oxygen atoms in total. The second-order valence-corrected chi connectivity index (χ2v) is 16.9. The van der Waals surface area contributed by atoms with Crippen LogP contribution < -0.4 is 14.7 Å². The first-order chi connectivity index (χ1) is 32.1. The minimum absolute atomic E-state index is 0.405. The molecule has 10 rings (SSSR count). The monoisotopic (exact) mass is 842 g/mol. The topological polar surface area (TPSA) is 14.7 Å². The Labute approximate surface area is 383 Å². The number of rotatable bonds is 15. The lowest BCUT2D eigenvalue weighted by atomic mass is 9.93. The van der Waals surface area contributed by atoms with Gasteiger partial charge in [0.25, 0.3) is 0 Å². The molecule has 0 amide bonds. The van der Waals surface area contributed by atoms with Gasteiger partial charge in [0.2, 0.25) is 0 Å². The zero-order valence-electron chi connectivity index (χ0n) is 37.2. The third-order valence-electron chi connectivity index (χ3n) is 12.9. The van der Waals surface area contributed by atoms with E-state index in [0.29, 0.717) is 12.0 Å². The molecule has 0 aliphatic heterocycles. The van der Waals surface area contributed by atoms with Crippen molar-refractivity contribution in [3.05, 3.63) is 248 Å². The van der Waals surface area contributed by atoms with Crippen LogP contribution in [0.2, 0.25) is 0 Å². The predicted octanol–water partition coefficient (Wildman–Crippen LogP) is 17.7. The van der Waals surface area contributed by atoms with Crippen LogP contribution in [0.3, 0.4) is 0 Å². The maximum Gasteiger partial charge on any atom is 0.0493 e. The van der Waals surface area contributed by atoms with Gasteiger partial charge in [-0.05, 0) is 152 Å². The molecule has 65 heavy (non-hydrogen) atoms. The summed E-state index contributed by atoms with van der Waals surface area (Å²) in [5.41, 5.74) is 14.0. The van der Waals surface area contributed by atoms with E-state index in [4.69, 9.17) is 0 Å². The number of fused-ring (bicyclic) bond motifs is 3. The summed E-state index contributed by atoms with van der Waals surface area (Å²) in [4.78, 5) is 7.00. The predicted molar refractivity (Wildman–Crippen MR) is 277 cm³/mol. The molecule has 0 aliphatic rings. The van der Waals surface area contributed by atoms with Crippen LogP contribution >= 0.6 is 0 Å². The molecule has 0 N–H and O–H groups in total. The number of para-hydroxylation sites is 6. The minimum Gasteiger partial charge on any atom is -0.337 e. The fourth-order valence-corrected chi connectivity index (χ4v) is 9.57. The molecule has 0 saturated carbocycles. The first kappa shape index (κ1) is 41.2. The van der Waals surface area contributed by atoms with Gasteiger partial charge in [-0.25, -0.2) is 0 Å². The molecule has 0 fully saturated rings. The molecule has 2 atom stereocenters. The number of anilines is 9. The Balaban J connectivity index is 0.971. The standard InChI is InChI=1S/C61H54N4/c1-3-48(65-60-30-18-16-28-58(60)59-29-17-19-31-61(59)65)35-32-46(2)47-33-36-53(37-34-47)64(56-42-38-54(39-43-56)62(49-20-8-4-9-21-49)50-22-10-5-11-23-50)57-44-40-55(41-45-57)63(51-24-12-6-13-25-51)52-26-14-7-15-27-52/h4-31,33-34,36-46,48H,3,32,35H2,1-2H3. The highest BCUT2D eigenvalue weighted by atomic mass is 15.2. The van der Waals surface area contributed by atoms with Crippen molar-refractivity contribution in [1.29, 1.82) is 0 Å². The quantitative estimate of drug-likeness (QED) is 0.102. The van der Waals surface area contributed by atoms with E-state index < -0.39 is 0 Å². The first-order valence-corrected chi connectivity index (χ1v) is 23.0. The highest BCUT2D eigenvalue weighted by molar-refractivity contribution is 6.08. The molecule has 2 unspecified atom stereocenters. The SMILES string of the molecule is CCC(CCC(C)c1ccc(N(c2ccc(N(c3ccccc3)c3ccccc3)cc2)c2ccc(N(c3ccccc3)c3ccccc3)cc2)cc1)n1c2ccccc2c2ccccc21. The van der Waals surface area contributed by atoms with Crippen molar-refractivity contribution < 1.29 is 0 Å². The maximum absolute atomic E-state index is 2.60. The first-order valence-electron chi connectivity index (χ1n) is 23.0. The normalized spacial score (nSPS) is 12.2. The van der Waals surface area contributed by atoms with Gasteiger partial charge in [0, 0.05) is 79.0 Å². The second-order valence-electron chi connectivity index (χ2n) is 16.9. The molecule has 318 valence electrons. The van der Waals surface area contributed by atoms with Crippen molar-refractivity contribution in [2.45, 2.75) is 45.1 Å². The zero-order valence-corrected chi connectivity index (χ0v) is 37.2. The van der Waals surface area contributed by atoms with E-state index in [0.717, 1.165) is 70.4 Å². The number of nitrogens with zero attached hydrogens (tertiary/aromatic N) is 4. The van der Waals surface area contributed by atoms with E-state index in [-0.39, 0.29) is 0 Å². The highest BCUT2D eigenvalue weighted by Crippen LogP contribution is 2.42. The van der Waals surface area contributed by atoms with Crippen molar-refractivity contribution in [1.82, 2.24) is 4.57 Å². The Bertz CT molecular complexity index is 2810. The summed E-state index contributed by atoms with van der Waals surface area (Å²) >= 11 is 0. The number of benzene rings is 9. The molecule has 1 aromatic heterocycles. The molecule has 0 bridgehead atoms. The van der Waals surface area contributed by atoms with Gasteiger partial charge in [0.1, 0.15) is 0 Å². The fraction of sp³-hybridized carbons (Fsp3) is 0.115. The highest BCUT2D eigenvalue weighted by Gasteiger charge is 2.21. The van der Waals surface area contributed by atoms with Crippen molar-refractivity contribution in [3.63, 3.8) is 0 Å². The van der Waals surface area contributed by atoms with E-state index in [1.165, 1.54) is 27.4 Å². The smallest absolute Gasteiger partial charge is 0.0493 e. The van der Waals surface area contributed by atoms with Gasteiger partial charge in [0.15, 0.2) is 0 Å². The zero-order chi connectivity index (χ0) is 44.0. The van der Waals surface area contributed by atoms with Crippen LogP contribution in [-0.2, 0) is 0 Å². The van der Waals surface area contributed by atoms with Crippen LogP contribution in [0.4, 0.5) is 51.2 Å². The summed E-state index contributed by atoms with van der Waals surface area (Å²) in [7, 11) is 0. The number of aromatic nitrogens is 1. The van der Waals surface area contributed by atoms with Crippen molar-refractivity contribution in [2.75, 3.05) is 14.7 Å². The van der Waals surface area contributed by atoms with E-state index in [1.54, 1.807) is 0 Å². The van der Waals surface area contributed by atoms with Crippen LogP contribution in [0.15, 0.2) is 243 Å². The van der Waals surface area contributed by atoms with Gasteiger partial charge in [-0.1, -0.05) is 135 Å². The Morgan fingerprint density at radius 1 is 0.323 bits per heavy atom. The van der Waals surface area contributed by atoms with Gasteiger partial charge in [-0.15, -0.1) is 0 Å². The molecular weight excluding hydrogens is 789 g/mol. The molecule has 0 radical (unpaired) electrons. The molecule has 0 aliphatic carbocycles. The van der Waals surface area contributed by atoms with Crippen LogP contribution in [-0.4, -0.2) is 4.57 Å². The van der Waals surface area contributed by atoms with Gasteiger partial charge in [-0.3, -0.25) is 0 Å². The molecule has 0 spiro atoms. The van der Waals surface area contributed by atoms with Crippen LogP contribution in [0.5, 0.6) is 0 Å². The average Bonchev–Trinajstić information content (AvgIpc) is 3.71. The summed E-state index contributed by atoms with van der Waals surface area (Å²) in [6.07, 6.45) is 3.30. The third-order valence-corrected chi connectivity index (χ3v) is 12.9. The summed E-state index contributed by atoms with van der Waals surface area (Å²) < 4.78 is 2.60. The largest absolute Gasteiger partial charge is 0.337 e. The summed E-state index contributed by atoms with van der Waals surface area (Å²) in [5, 5.41) is 2.68. The van der Waals surface area contributed by atoms with E-state index in [2.05, 4.69) is 276 Å². The lowest BCUT2D eigenvalue weighted by Gasteiger charge is -2.29. The summed E-state index contributed by atoms with van der Waals surface area (Å²) in [6.45, 7) is 4.72. The number of hydrogen-bond acceptors (Lipinski definition) is 3. The van der Waals surface area contributed by atoms with Crippen LogP contribution in [0.25, 0.3) is 21.8 Å². The minimum atomic E-state index is 0.405. The fourth-order valence-electron chi connectivity index (χ4n) is 9.57. The van der Waals surface area contributed by atoms with Gasteiger partial charge >= 0.3 is 0 Å². The molecule has 10 aromatic rings. The lowest BCUT2D eigenvalue weighted by molar-refractivity contribution is 0.442.